The van der Waals surface area contributed by atoms with Crippen LogP contribution in [0.3, 0.4) is 0 Å². The Morgan fingerprint density at radius 3 is 2.33 bits per heavy atom. The Bertz CT molecular complexity index is 624. The molecule has 27 heavy (non-hydrogen) atoms. The molecular weight excluding hydrogens is 338 g/mol. The van der Waals surface area contributed by atoms with Gasteiger partial charge in [-0.3, -0.25) is 9.59 Å². The van der Waals surface area contributed by atoms with Crippen LogP contribution in [0.15, 0.2) is 24.3 Å². The van der Waals surface area contributed by atoms with Gasteiger partial charge in [0, 0.05) is 39.0 Å². The lowest BCUT2D eigenvalue weighted by Gasteiger charge is -2.24. The number of nitrogens with one attached hydrogen (secondary N) is 1. The molecule has 0 radical (unpaired) electrons. The van der Waals surface area contributed by atoms with E-state index in [1.807, 2.05) is 17.0 Å². The number of carbonyl (C=O) groups excluding carboxylic acids is 2. The van der Waals surface area contributed by atoms with Gasteiger partial charge < -0.3 is 15.1 Å². The first-order chi connectivity index (χ1) is 13.2. The van der Waals surface area contributed by atoms with Crippen molar-refractivity contribution >= 4 is 11.8 Å². The number of hydrogen-bond acceptors (Lipinski definition) is 3. The maximum atomic E-state index is 12.3. The Morgan fingerprint density at radius 1 is 0.926 bits per heavy atom. The number of benzene rings is 1. The number of carbonyl (C=O) groups is 2. The van der Waals surface area contributed by atoms with Crippen LogP contribution in [0.25, 0.3) is 0 Å². The molecule has 2 saturated heterocycles. The van der Waals surface area contributed by atoms with Crippen molar-refractivity contribution in [2.75, 3.05) is 26.2 Å². The summed E-state index contributed by atoms with van der Waals surface area (Å²) in [7, 11) is 0. The summed E-state index contributed by atoms with van der Waals surface area (Å²) in [6.07, 6.45) is 8.68. The fourth-order valence-electron chi connectivity index (χ4n) is 4.04. The first-order valence-electron chi connectivity index (χ1n) is 10.6. The minimum absolute atomic E-state index is 0.115. The van der Waals surface area contributed by atoms with Crippen molar-refractivity contribution in [3.63, 3.8) is 0 Å². The highest BCUT2D eigenvalue weighted by Crippen LogP contribution is 2.17. The van der Waals surface area contributed by atoms with Crippen molar-refractivity contribution in [3.8, 4) is 0 Å². The molecule has 0 spiro atoms. The van der Waals surface area contributed by atoms with Crippen LogP contribution >= 0.6 is 0 Å². The molecule has 2 amide bonds. The number of amides is 2. The van der Waals surface area contributed by atoms with E-state index in [2.05, 4.69) is 22.3 Å². The molecule has 1 aromatic carbocycles. The quantitative estimate of drug-likeness (QED) is 0.801. The van der Waals surface area contributed by atoms with Gasteiger partial charge in [-0.1, -0.05) is 43.5 Å². The van der Waals surface area contributed by atoms with E-state index < -0.39 is 0 Å². The highest BCUT2D eigenvalue weighted by Gasteiger charge is 2.21. The number of rotatable bonds is 7. The molecule has 0 atom stereocenters. The van der Waals surface area contributed by atoms with Gasteiger partial charge in [-0.25, -0.2) is 0 Å². The fraction of sp³-hybridized carbons (Fsp3) is 0.636. The molecule has 2 heterocycles. The van der Waals surface area contributed by atoms with Gasteiger partial charge in [0.2, 0.25) is 11.8 Å². The van der Waals surface area contributed by atoms with Gasteiger partial charge in [0.1, 0.15) is 0 Å². The van der Waals surface area contributed by atoms with Crippen LogP contribution in [0.4, 0.5) is 0 Å². The van der Waals surface area contributed by atoms with Crippen LogP contribution in [0, 0.1) is 0 Å². The molecule has 0 unspecified atom stereocenters. The molecule has 2 aliphatic rings. The third-order valence-electron chi connectivity index (χ3n) is 5.73. The lowest BCUT2D eigenvalue weighted by molar-refractivity contribution is -0.128. The smallest absolute Gasteiger partial charge is 0.222 e. The van der Waals surface area contributed by atoms with Crippen molar-refractivity contribution in [3.05, 3.63) is 35.4 Å². The van der Waals surface area contributed by atoms with E-state index in [9.17, 15) is 9.59 Å². The summed E-state index contributed by atoms with van der Waals surface area (Å²) in [6.45, 7) is 5.14. The minimum Gasteiger partial charge on any atom is -0.352 e. The molecular formula is C22H33N3O2. The fourth-order valence-corrected chi connectivity index (χ4v) is 4.04. The highest BCUT2D eigenvalue weighted by molar-refractivity contribution is 5.78. The molecule has 1 N–H and O–H groups in total. The monoisotopic (exact) mass is 371 g/mol. The number of likely N-dealkylation sites (tertiary alicyclic amines) is 2. The van der Waals surface area contributed by atoms with Gasteiger partial charge in [0.15, 0.2) is 0 Å². The first kappa shape index (κ1) is 19.9. The molecule has 5 nitrogen and oxygen atoms in total. The predicted molar refractivity (Wildman–Crippen MR) is 107 cm³/mol. The molecule has 0 bridgehead atoms. The lowest BCUT2D eigenvalue weighted by Crippen LogP contribution is -2.33. The van der Waals surface area contributed by atoms with Crippen LogP contribution in [0.1, 0.15) is 62.5 Å². The highest BCUT2D eigenvalue weighted by atomic mass is 16.2. The molecule has 1 aromatic rings. The van der Waals surface area contributed by atoms with Crippen molar-refractivity contribution in [2.45, 2.75) is 64.5 Å². The van der Waals surface area contributed by atoms with Crippen molar-refractivity contribution < 1.29 is 9.59 Å². The Labute approximate surface area is 163 Å². The summed E-state index contributed by atoms with van der Waals surface area (Å²) in [5.74, 6) is 0.353. The van der Waals surface area contributed by atoms with Crippen molar-refractivity contribution in [2.24, 2.45) is 0 Å². The third-order valence-corrected chi connectivity index (χ3v) is 5.73. The zero-order valence-corrected chi connectivity index (χ0v) is 16.4. The standard InChI is InChI=1S/C22H33N3O2/c26-21(12-16-24-13-6-2-1-3-7-14-24)23-17-19-9-4-5-10-20(19)18-25-15-8-11-22(25)27/h4-5,9-10H,1-3,6-8,11-18H2,(H,23,26). The van der Waals surface area contributed by atoms with Crippen LogP contribution in [-0.4, -0.2) is 47.8 Å². The second-order valence-electron chi connectivity index (χ2n) is 7.82. The summed E-state index contributed by atoms with van der Waals surface area (Å²) in [6, 6.07) is 8.11. The summed E-state index contributed by atoms with van der Waals surface area (Å²) >= 11 is 0. The van der Waals surface area contributed by atoms with E-state index in [1.54, 1.807) is 0 Å². The maximum Gasteiger partial charge on any atom is 0.222 e. The van der Waals surface area contributed by atoms with E-state index >= 15 is 0 Å². The van der Waals surface area contributed by atoms with E-state index in [0.29, 0.717) is 25.9 Å². The molecule has 0 aromatic heterocycles. The summed E-state index contributed by atoms with van der Waals surface area (Å²) in [5.41, 5.74) is 2.24. The topological polar surface area (TPSA) is 52.7 Å². The summed E-state index contributed by atoms with van der Waals surface area (Å²) in [4.78, 5) is 28.6. The van der Waals surface area contributed by atoms with Gasteiger partial charge in [-0.15, -0.1) is 0 Å². The van der Waals surface area contributed by atoms with Crippen molar-refractivity contribution in [1.82, 2.24) is 15.1 Å². The van der Waals surface area contributed by atoms with Gasteiger partial charge in [0.05, 0.1) is 0 Å². The van der Waals surface area contributed by atoms with E-state index in [0.717, 1.165) is 43.7 Å². The zero-order chi connectivity index (χ0) is 18.9. The largest absolute Gasteiger partial charge is 0.352 e. The SMILES string of the molecule is O=C(CCN1CCCCCCC1)NCc1ccccc1CN1CCCC1=O. The molecule has 5 heteroatoms. The summed E-state index contributed by atoms with van der Waals surface area (Å²) < 4.78 is 0. The molecule has 2 aliphatic heterocycles. The van der Waals surface area contributed by atoms with E-state index in [-0.39, 0.29) is 11.8 Å². The molecule has 148 valence electrons. The average Bonchev–Trinajstić information content (AvgIpc) is 3.05. The lowest BCUT2D eigenvalue weighted by atomic mass is 10.1. The Balaban J connectivity index is 1.45. The number of nitrogens with zero attached hydrogens (tertiary/aromatic N) is 2. The second-order valence-corrected chi connectivity index (χ2v) is 7.82. The maximum absolute atomic E-state index is 12.3. The van der Waals surface area contributed by atoms with Crippen LogP contribution in [0.2, 0.25) is 0 Å². The first-order valence-corrected chi connectivity index (χ1v) is 10.6. The predicted octanol–water partition coefficient (Wildman–Crippen LogP) is 3.08. The Kier molecular flexibility index (Phi) is 7.69. The zero-order valence-electron chi connectivity index (χ0n) is 16.4. The summed E-state index contributed by atoms with van der Waals surface area (Å²) in [5, 5.41) is 3.07. The Morgan fingerprint density at radius 2 is 1.63 bits per heavy atom. The number of hydrogen-bond donors (Lipinski definition) is 1. The van der Waals surface area contributed by atoms with Gasteiger partial charge in [-0.2, -0.15) is 0 Å². The van der Waals surface area contributed by atoms with Gasteiger partial charge in [0.25, 0.3) is 0 Å². The van der Waals surface area contributed by atoms with E-state index in [1.165, 1.54) is 32.1 Å². The molecule has 2 fully saturated rings. The van der Waals surface area contributed by atoms with Crippen LogP contribution < -0.4 is 5.32 Å². The Hall–Kier alpha value is -1.88. The van der Waals surface area contributed by atoms with Crippen molar-refractivity contribution in [1.29, 1.82) is 0 Å². The molecule has 3 rings (SSSR count). The minimum atomic E-state index is 0.115. The van der Waals surface area contributed by atoms with Crippen LogP contribution in [-0.2, 0) is 22.7 Å². The molecule has 0 aliphatic carbocycles. The van der Waals surface area contributed by atoms with Crippen LogP contribution in [0.5, 0.6) is 0 Å². The second kappa shape index (κ2) is 10.5. The normalized spacial score (nSPS) is 19.0. The van der Waals surface area contributed by atoms with E-state index in [4.69, 9.17) is 0 Å². The van der Waals surface area contributed by atoms with Gasteiger partial charge >= 0.3 is 0 Å². The molecule has 0 saturated carbocycles. The van der Waals surface area contributed by atoms with Gasteiger partial charge in [-0.05, 0) is 43.5 Å². The average molecular weight is 372 g/mol. The third kappa shape index (κ3) is 6.35.